The first-order valence-electron chi connectivity index (χ1n) is 9.25. The number of benzene rings is 1. The number of hydrogen-bond donors (Lipinski definition) is 1. The summed E-state index contributed by atoms with van der Waals surface area (Å²) in [5, 5.41) is 6.23. The van der Waals surface area contributed by atoms with Gasteiger partial charge in [0.15, 0.2) is 10.9 Å². The molecular weight excluding hydrogens is 447 g/mol. The van der Waals surface area contributed by atoms with Crippen molar-refractivity contribution in [2.45, 2.75) is 0 Å². The van der Waals surface area contributed by atoms with Crippen LogP contribution in [0, 0.1) is 0 Å². The van der Waals surface area contributed by atoms with Gasteiger partial charge in [0.25, 0.3) is 5.91 Å². The van der Waals surface area contributed by atoms with Crippen LogP contribution in [0.4, 0.5) is 5.13 Å². The predicted octanol–water partition coefficient (Wildman–Crippen LogP) is 4.11. The molecular formula is C20H18Cl2N4O3S. The first-order chi connectivity index (χ1) is 14.5. The number of furan rings is 1. The highest BCUT2D eigenvalue weighted by Gasteiger charge is 2.24. The van der Waals surface area contributed by atoms with Gasteiger partial charge in [0.2, 0.25) is 5.91 Å². The van der Waals surface area contributed by atoms with Gasteiger partial charge in [0.1, 0.15) is 0 Å². The van der Waals surface area contributed by atoms with E-state index in [9.17, 15) is 9.59 Å². The van der Waals surface area contributed by atoms with Gasteiger partial charge >= 0.3 is 0 Å². The number of thiazole rings is 1. The highest BCUT2D eigenvalue weighted by Crippen LogP contribution is 2.32. The van der Waals surface area contributed by atoms with E-state index in [1.165, 1.54) is 17.6 Å². The maximum Gasteiger partial charge on any atom is 0.289 e. The number of aromatic nitrogens is 1. The molecule has 7 nitrogen and oxygen atoms in total. The molecule has 0 aliphatic carbocycles. The smallest absolute Gasteiger partial charge is 0.289 e. The standard InChI is InChI=1S/C20H18Cl2N4O3S/c21-13-3-4-14(15(22)10-13)16-12-30-20(23-16)24-18(27)11-25-5-7-26(8-6-25)19(28)17-2-1-9-29-17/h1-4,9-10,12H,5-8,11H2,(H,23,24,27). The second-order valence-electron chi connectivity index (χ2n) is 6.76. The highest BCUT2D eigenvalue weighted by molar-refractivity contribution is 7.14. The van der Waals surface area contributed by atoms with Crippen LogP contribution in [-0.4, -0.2) is 59.3 Å². The average Bonchev–Trinajstić information content (AvgIpc) is 3.40. The van der Waals surface area contributed by atoms with E-state index in [1.54, 1.807) is 35.2 Å². The monoisotopic (exact) mass is 464 g/mol. The van der Waals surface area contributed by atoms with Crippen molar-refractivity contribution >= 4 is 51.5 Å². The number of anilines is 1. The summed E-state index contributed by atoms with van der Waals surface area (Å²) in [6.45, 7) is 2.55. The number of rotatable bonds is 5. The van der Waals surface area contributed by atoms with Gasteiger partial charge in [-0.2, -0.15) is 0 Å². The third-order valence-corrected chi connectivity index (χ3v) is 6.02. The lowest BCUT2D eigenvalue weighted by Crippen LogP contribution is -2.50. The van der Waals surface area contributed by atoms with Crippen LogP contribution in [0.5, 0.6) is 0 Å². The van der Waals surface area contributed by atoms with Crippen LogP contribution in [0.3, 0.4) is 0 Å². The molecule has 3 aromatic rings. The SMILES string of the molecule is O=C(CN1CCN(C(=O)c2ccco2)CC1)Nc1nc(-c2ccc(Cl)cc2Cl)cs1. The minimum atomic E-state index is -0.149. The van der Waals surface area contributed by atoms with Gasteiger partial charge in [-0.05, 0) is 30.3 Å². The molecule has 3 heterocycles. The van der Waals surface area contributed by atoms with Crippen LogP contribution in [-0.2, 0) is 4.79 Å². The van der Waals surface area contributed by atoms with Crippen molar-refractivity contribution in [2.24, 2.45) is 0 Å². The van der Waals surface area contributed by atoms with E-state index >= 15 is 0 Å². The molecule has 10 heteroatoms. The summed E-state index contributed by atoms with van der Waals surface area (Å²) in [4.78, 5) is 32.9. The normalized spacial score (nSPS) is 14.7. The number of nitrogens with one attached hydrogen (secondary N) is 1. The summed E-state index contributed by atoms with van der Waals surface area (Å²) in [5.74, 6) is 0.0609. The lowest BCUT2D eigenvalue weighted by atomic mass is 10.2. The summed E-state index contributed by atoms with van der Waals surface area (Å²) in [6, 6.07) is 8.55. The Morgan fingerprint density at radius 2 is 1.97 bits per heavy atom. The molecule has 30 heavy (non-hydrogen) atoms. The first-order valence-corrected chi connectivity index (χ1v) is 10.9. The number of hydrogen-bond acceptors (Lipinski definition) is 6. The average molecular weight is 465 g/mol. The third-order valence-electron chi connectivity index (χ3n) is 4.72. The molecule has 0 spiro atoms. The minimum absolute atomic E-state index is 0.125. The fraction of sp³-hybridized carbons (Fsp3) is 0.250. The zero-order valence-corrected chi connectivity index (χ0v) is 18.1. The molecule has 0 bridgehead atoms. The molecule has 156 valence electrons. The summed E-state index contributed by atoms with van der Waals surface area (Å²) in [6.07, 6.45) is 1.48. The van der Waals surface area contributed by atoms with Gasteiger partial charge in [0, 0.05) is 42.1 Å². The van der Waals surface area contributed by atoms with E-state index in [0.717, 1.165) is 5.56 Å². The van der Waals surface area contributed by atoms with E-state index in [0.29, 0.717) is 52.8 Å². The molecule has 1 aliphatic rings. The van der Waals surface area contributed by atoms with Gasteiger partial charge in [-0.1, -0.05) is 23.2 Å². The molecule has 1 saturated heterocycles. The molecule has 0 atom stereocenters. The largest absolute Gasteiger partial charge is 0.459 e. The van der Waals surface area contributed by atoms with Crippen LogP contribution < -0.4 is 5.32 Å². The molecule has 1 fully saturated rings. The fourth-order valence-electron chi connectivity index (χ4n) is 3.18. The van der Waals surface area contributed by atoms with Crippen LogP contribution in [0.25, 0.3) is 11.3 Å². The van der Waals surface area contributed by atoms with Crippen molar-refractivity contribution < 1.29 is 14.0 Å². The molecule has 0 unspecified atom stereocenters. The second-order valence-corrected chi connectivity index (χ2v) is 8.46. The van der Waals surface area contributed by atoms with E-state index in [4.69, 9.17) is 27.6 Å². The Hall–Kier alpha value is -2.39. The van der Waals surface area contributed by atoms with Crippen LogP contribution in [0.1, 0.15) is 10.6 Å². The van der Waals surface area contributed by atoms with Crippen molar-refractivity contribution in [3.8, 4) is 11.3 Å². The Kier molecular flexibility index (Phi) is 6.38. The number of halogens is 2. The Labute approximate surface area is 187 Å². The number of carbonyl (C=O) groups is 2. The maximum atomic E-state index is 12.4. The maximum absolute atomic E-state index is 12.4. The number of piperazine rings is 1. The number of carbonyl (C=O) groups excluding carboxylic acids is 2. The third kappa shape index (κ3) is 4.84. The van der Waals surface area contributed by atoms with Crippen molar-refractivity contribution in [3.05, 3.63) is 57.8 Å². The van der Waals surface area contributed by atoms with E-state index in [2.05, 4.69) is 10.3 Å². The van der Waals surface area contributed by atoms with E-state index in [1.807, 2.05) is 10.3 Å². The van der Waals surface area contributed by atoms with Crippen LogP contribution >= 0.6 is 34.5 Å². The Morgan fingerprint density at radius 1 is 1.17 bits per heavy atom. The van der Waals surface area contributed by atoms with E-state index in [-0.39, 0.29) is 18.4 Å². The van der Waals surface area contributed by atoms with Crippen LogP contribution in [0.15, 0.2) is 46.4 Å². The molecule has 2 aromatic heterocycles. The van der Waals surface area contributed by atoms with Crippen molar-refractivity contribution in [1.29, 1.82) is 0 Å². The minimum Gasteiger partial charge on any atom is -0.459 e. The highest BCUT2D eigenvalue weighted by atomic mass is 35.5. The summed E-state index contributed by atoms with van der Waals surface area (Å²) in [5.41, 5.74) is 1.44. The molecule has 2 amide bonds. The van der Waals surface area contributed by atoms with Gasteiger partial charge in [-0.3, -0.25) is 14.5 Å². The lowest BCUT2D eigenvalue weighted by Gasteiger charge is -2.33. The predicted molar refractivity (Wildman–Crippen MR) is 117 cm³/mol. The number of amides is 2. The second kappa shape index (κ2) is 9.18. The van der Waals surface area contributed by atoms with Crippen molar-refractivity contribution in [3.63, 3.8) is 0 Å². The van der Waals surface area contributed by atoms with Gasteiger partial charge in [-0.25, -0.2) is 4.98 Å². The Morgan fingerprint density at radius 3 is 2.67 bits per heavy atom. The Bertz CT molecular complexity index is 1050. The van der Waals surface area contributed by atoms with E-state index < -0.39 is 0 Å². The fourth-order valence-corrected chi connectivity index (χ4v) is 4.41. The quantitative estimate of drug-likeness (QED) is 0.614. The zero-order valence-electron chi connectivity index (χ0n) is 15.8. The van der Waals surface area contributed by atoms with Crippen molar-refractivity contribution in [2.75, 3.05) is 38.0 Å². The van der Waals surface area contributed by atoms with Gasteiger partial charge in [-0.15, -0.1) is 11.3 Å². The molecule has 0 saturated carbocycles. The lowest BCUT2D eigenvalue weighted by molar-refractivity contribution is -0.117. The summed E-state index contributed by atoms with van der Waals surface area (Å²) in [7, 11) is 0. The molecule has 0 radical (unpaired) electrons. The molecule has 1 N–H and O–H groups in total. The molecule has 1 aromatic carbocycles. The van der Waals surface area contributed by atoms with Gasteiger partial charge < -0.3 is 14.6 Å². The molecule has 1 aliphatic heterocycles. The van der Waals surface area contributed by atoms with Crippen LogP contribution in [0.2, 0.25) is 10.0 Å². The first kappa shape index (κ1) is 20.9. The van der Waals surface area contributed by atoms with Crippen molar-refractivity contribution in [1.82, 2.24) is 14.8 Å². The topological polar surface area (TPSA) is 78.7 Å². The summed E-state index contributed by atoms with van der Waals surface area (Å²) >= 11 is 13.5. The Balaban J connectivity index is 1.28. The number of nitrogens with zero attached hydrogens (tertiary/aromatic N) is 3. The zero-order chi connectivity index (χ0) is 21.1. The summed E-state index contributed by atoms with van der Waals surface area (Å²) < 4.78 is 5.16. The van der Waals surface area contributed by atoms with Gasteiger partial charge in [0.05, 0.1) is 23.5 Å². The molecule has 4 rings (SSSR count).